The maximum Gasteiger partial charge on any atom is 0.305 e. The summed E-state index contributed by atoms with van der Waals surface area (Å²) >= 11 is 0. The smallest absolute Gasteiger partial charge is 0.305 e. The molecule has 0 aromatic heterocycles. The van der Waals surface area contributed by atoms with E-state index >= 15 is 0 Å². The standard InChI is InChI=1S/C8H16O5S.K/c1-2-3-5-8(9)13-6-4-7-14(10,11)12;/h2-7H2,1H3,(H,10,11,12);. The quantitative estimate of drug-likeness (QED) is 0.315. The summed E-state index contributed by atoms with van der Waals surface area (Å²) in [6.07, 6.45) is 2.19. The first-order chi connectivity index (χ1) is 6.45. The van der Waals surface area contributed by atoms with Gasteiger partial charge in [-0.25, -0.2) is 0 Å². The van der Waals surface area contributed by atoms with Crippen molar-refractivity contribution in [3.05, 3.63) is 0 Å². The second kappa shape index (κ2) is 10.2. The first-order valence-corrected chi connectivity index (χ1v) is 6.17. The van der Waals surface area contributed by atoms with E-state index < -0.39 is 10.1 Å². The van der Waals surface area contributed by atoms with Gasteiger partial charge in [-0.1, -0.05) is 13.3 Å². The normalized spacial score (nSPS) is 10.5. The summed E-state index contributed by atoms with van der Waals surface area (Å²) in [6, 6.07) is 0. The Kier molecular flexibility index (Phi) is 12.5. The van der Waals surface area contributed by atoms with Crippen molar-refractivity contribution in [3.63, 3.8) is 0 Å². The molecule has 0 bridgehead atoms. The van der Waals surface area contributed by atoms with Crippen molar-refractivity contribution in [1.82, 2.24) is 0 Å². The van der Waals surface area contributed by atoms with Crippen molar-refractivity contribution in [2.24, 2.45) is 0 Å². The van der Waals surface area contributed by atoms with Crippen LogP contribution in [0.1, 0.15) is 32.6 Å². The van der Waals surface area contributed by atoms with Gasteiger partial charge in [0.2, 0.25) is 0 Å². The Labute approximate surface area is 133 Å². The third-order valence-electron chi connectivity index (χ3n) is 1.54. The summed E-state index contributed by atoms with van der Waals surface area (Å²) in [5.74, 6) is -0.684. The van der Waals surface area contributed by atoms with Crippen LogP contribution in [0.4, 0.5) is 0 Å². The van der Waals surface area contributed by atoms with E-state index in [1.807, 2.05) is 6.92 Å². The molecule has 0 saturated heterocycles. The number of carbonyl (C=O) groups is 1. The van der Waals surface area contributed by atoms with Crippen LogP contribution in [0.5, 0.6) is 0 Å². The van der Waals surface area contributed by atoms with E-state index in [1.54, 1.807) is 0 Å². The van der Waals surface area contributed by atoms with Gasteiger partial charge in [-0.05, 0) is 12.8 Å². The van der Waals surface area contributed by atoms with E-state index in [0.29, 0.717) is 6.42 Å². The van der Waals surface area contributed by atoms with Crippen LogP contribution in [-0.4, -0.2) is 82.7 Å². The van der Waals surface area contributed by atoms with E-state index in [1.165, 1.54) is 0 Å². The maximum absolute atomic E-state index is 10.9. The molecule has 0 atom stereocenters. The van der Waals surface area contributed by atoms with E-state index in [4.69, 9.17) is 9.29 Å². The molecule has 0 aliphatic heterocycles. The molecular formula is C8H16KO5S. The van der Waals surface area contributed by atoms with Crippen LogP contribution in [0.25, 0.3) is 0 Å². The van der Waals surface area contributed by atoms with Crippen molar-refractivity contribution < 1.29 is 22.5 Å². The monoisotopic (exact) mass is 263 g/mol. The van der Waals surface area contributed by atoms with Gasteiger partial charge in [-0.15, -0.1) is 0 Å². The molecule has 0 aliphatic carbocycles. The molecule has 0 amide bonds. The molecule has 0 rings (SSSR count). The number of esters is 1. The Morgan fingerprint density at radius 1 is 1.33 bits per heavy atom. The molecule has 0 aliphatic rings. The van der Waals surface area contributed by atoms with Crippen LogP contribution in [0.15, 0.2) is 0 Å². The molecule has 7 heteroatoms. The first-order valence-electron chi connectivity index (χ1n) is 4.56. The third kappa shape index (κ3) is 15.0. The molecule has 0 saturated carbocycles. The van der Waals surface area contributed by atoms with Crippen LogP contribution >= 0.6 is 0 Å². The Hall–Kier alpha value is 1.02. The molecule has 1 radical (unpaired) electrons. The molecule has 0 fully saturated rings. The molecule has 5 nitrogen and oxygen atoms in total. The fourth-order valence-electron chi connectivity index (χ4n) is 0.821. The molecule has 85 valence electrons. The van der Waals surface area contributed by atoms with Gasteiger partial charge in [0.25, 0.3) is 10.1 Å². The van der Waals surface area contributed by atoms with Gasteiger partial charge < -0.3 is 4.74 Å². The zero-order valence-corrected chi connectivity index (χ0v) is 13.2. The van der Waals surface area contributed by atoms with Crippen molar-refractivity contribution in [1.29, 1.82) is 0 Å². The van der Waals surface area contributed by atoms with Crippen molar-refractivity contribution in [3.8, 4) is 0 Å². The molecule has 1 N–H and O–H groups in total. The van der Waals surface area contributed by atoms with Gasteiger partial charge in [-0.3, -0.25) is 9.35 Å². The summed E-state index contributed by atoms with van der Waals surface area (Å²) in [4.78, 5) is 10.9. The number of hydrogen-bond donors (Lipinski definition) is 1. The van der Waals surface area contributed by atoms with Gasteiger partial charge in [-0.2, -0.15) is 8.42 Å². The largest absolute Gasteiger partial charge is 0.466 e. The van der Waals surface area contributed by atoms with Crippen LogP contribution < -0.4 is 0 Å². The number of carbonyl (C=O) groups excluding carboxylic acids is 1. The summed E-state index contributed by atoms with van der Waals surface area (Å²) < 4.78 is 33.6. The summed E-state index contributed by atoms with van der Waals surface area (Å²) in [5, 5.41) is 0. The second-order valence-corrected chi connectivity index (χ2v) is 4.54. The van der Waals surface area contributed by atoms with Crippen molar-refractivity contribution in [2.45, 2.75) is 32.6 Å². The molecule has 0 spiro atoms. The minimum absolute atomic E-state index is 0. The summed E-state index contributed by atoms with van der Waals surface area (Å²) in [5.41, 5.74) is 0. The average molecular weight is 263 g/mol. The van der Waals surface area contributed by atoms with E-state index in [9.17, 15) is 13.2 Å². The minimum atomic E-state index is -3.93. The molecule has 0 aromatic carbocycles. The predicted octanol–water partition coefficient (Wildman–Crippen LogP) is 0.617. The topological polar surface area (TPSA) is 80.7 Å². The van der Waals surface area contributed by atoms with E-state index in [-0.39, 0.29) is 76.1 Å². The Bertz CT molecular complexity index is 262. The van der Waals surface area contributed by atoms with Crippen LogP contribution in [0, 0.1) is 0 Å². The fourth-order valence-corrected chi connectivity index (χ4v) is 1.30. The zero-order valence-electron chi connectivity index (χ0n) is 9.23. The number of unbranched alkanes of at least 4 members (excludes halogenated alkanes) is 1. The van der Waals surface area contributed by atoms with E-state index in [2.05, 4.69) is 0 Å². The molecular weight excluding hydrogens is 247 g/mol. The average Bonchev–Trinajstić information content (AvgIpc) is 2.07. The SMILES string of the molecule is CCCCC(=O)OCCCS(=O)(=O)O.[K]. The minimum Gasteiger partial charge on any atom is -0.466 e. The fraction of sp³-hybridized carbons (Fsp3) is 0.875. The van der Waals surface area contributed by atoms with Gasteiger partial charge in [0.1, 0.15) is 0 Å². The number of hydrogen-bond acceptors (Lipinski definition) is 4. The van der Waals surface area contributed by atoms with Gasteiger partial charge in [0, 0.05) is 57.8 Å². The molecule has 0 unspecified atom stereocenters. The second-order valence-electron chi connectivity index (χ2n) is 2.96. The number of rotatable bonds is 7. The molecule has 15 heavy (non-hydrogen) atoms. The van der Waals surface area contributed by atoms with Crippen LogP contribution in [-0.2, 0) is 19.6 Å². The maximum atomic E-state index is 10.9. The zero-order chi connectivity index (χ0) is 11.0. The first kappa shape index (κ1) is 18.4. The van der Waals surface area contributed by atoms with E-state index in [0.717, 1.165) is 12.8 Å². The molecule has 0 heterocycles. The summed E-state index contributed by atoms with van der Waals surface area (Å²) in [7, 11) is -3.93. The van der Waals surface area contributed by atoms with Gasteiger partial charge in [0.15, 0.2) is 0 Å². The Morgan fingerprint density at radius 3 is 2.40 bits per heavy atom. The summed E-state index contributed by atoms with van der Waals surface area (Å²) in [6.45, 7) is 2.01. The van der Waals surface area contributed by atoms with Gasteiger partial charge in [0.05, 0.1) is 12.4 Å². The van der Waals surface area contributed by atoms with Crippen molar-refractivity contribution in [2.75, 3.05) is 12.4 Å². The predicted molar refractivity (Wildman–Crippen MR) is 57.3 cm³/mol. The molecule has 0 aromatic rings. The Morgan fingerprint density at radius 2 is 1.93 bits per heavy atom. The van der Waals surface area contributed by atoms with Gasteiger partial charge >= 0.3 is 5.97 Å². The van der Waals surface area contributed by atoms with Crippen LogP contribution in [0.3, 0.4) is 0 Å². The number of ether oxygens (including phenoxy) is 1. The van der Waals surface area contributed by atoms with Crippen LogP contribution in [0.2, 0.25) is 0 Å². The Balaban J connectivity index is 0. The third-order valence-corrected chi connectivity index (χ3v) is 2.35. The van der Waals surface area contributed by atoms with Crippen molar-refractivity contribution >= 4 is 67.5 Å².